The van der Waals surface area contributed by atoms with Crippen molar-refractivity contribution in [2.75, 3.05) is 7.05 Å². The lowest BCUT2D eigenvalue weighted by Gasteiger charge is -2.18. The van der Waals surface area contributed by atoms with E-state index in [9.17, 15) is 31.5 Å². The van der Waals surface area contributed by atoms with E-state index in [1.165, 1.54) is 43.4 Å². The third kappa shape index (κ3) is 5.45. The van der Waals surface area contributed by atoms with Gasteiger partial charge in [0.15, 0.2) is 0 Å². The molecule has 0 radical (unpaired) electrons. The molecule has 6 nitrogen and oxygen atoms in total. The highest BCUT2D eigenvalue weighted by Gasteiger charge is 2.24. The number of carbonyl (C=O) groups is 1. The fraction of sp³-hybridized carbons (Fsp3) is 0.136. The normalized spacial score (nSPS) is 12.5. The molecule has 0 aliphatic rings. The average molecular weight is 465 g/mol. The molecule has 0 spiro atoms. The SMILES string of the molecule is CN(Cc1ccc(OC(C(=O)O)c2cc(F)cc(F)c2)cc1)S(=O)(=O)c1ccc(F)cc1. The van der Waals surface area contributed by atoms with Gasteiger partial charge >= 0.3 is 5.97 Å². The molecule has 0 aliphatic carbocycles. The van der Waals surface area contributed by atoms with Crippen molar-refractivity contribution in [2.24, 2.45) is 0 Å². The lowest BCUT2D eigenvalue weighted by molar-refractivity contribution is -0.145. The lowest BCUT2D eigenvalue weighted by atomic mass is 10.1. The zero-order valence-electron chi connectivity index (χ0n) is 16.7. The van der Waals surface area contributed by atoms with E-state index >= 15 is 0 Å². The quantitative estimate of drug-likeness (QED) is 0.541. The summed E-state index contributed by atoms with van der Waals surface area (Å²) >= 11 is 0. The van der Waals surface area contributed by atoms with Crippen LogP contribution in [0.4, 0.5) is 13.2 Å². The molecule has 0 bridgehead atoms. The van der Waals surface area contributed by atoms with E-state index in [1.807, 2.05) is 0 Å². The van der Waals surface area contributed by atoms with Gasteiger partial charge in [0, 0.05) is 25.2 Å². The van der Waals surface area contributed by atoms with E-state index in [4.69, 9.17) is 4.74 Å². The van der Waals surface area contributed by atoms with Gasteiger partial charge in [0.1, 0.15) is 23.2 Å². The molecule has 0 saturated heterocycles. The standard InChI is InChI=1S/C22H18F3NO5S/c1-26(32(29,30)20-8-4-16(23)5-9-20)13-14-2-6-19(7-3-14)31-21(22(27)28)15-10-17(24)12-18(25)11-15/h2-12,21H,13H2,1H3,(H,27,28). The summed E-state index contributed by atoms with van der Waals surface area (Å²) in [5, 5.41) is 9.39. The Morgan fingerprint density at radius 1 is 0.938 bits per heavy atom. The first-order chi connectivity index (χ1) is 15.1. The minimum absolute atomic E-state index is 0.0164. The number of hydrogen-bond acceptors (Lipinski definition) is 4. The molecule has 3 rings (SSSR count). The summed E-state index contributed by atoms with van der Waals surface area (Å²) in [6.07, 6.45) is -1.65. The number of benzene rings is 3. The van der Waals surface area contributed by atoms with E-state index in [-0.39, 0.29) is 22.8 Å². The van der Waals surface area contributed by atoms with Crippen LogP contribution in [0.15, 0.2) is 71.6 Å². The van der Waals surface area contributed by atoms with Gasteiger partial charge in [-0.05, 0) is 54.1 Å². The Morgan fingerprint density at radius 3 is 2.03 bits per heavy atom. The second kappa shape index (κ2) is 9.41. The highest BCUT2D eigenvalue weighted by molar-refractivity contribution is 7.89. The molecular formula is C22H18F3NO5S. The van der Waals surface area contributed by atoms with Crippen molar-refractivity contribution in [3.63, 3.8) is 0 Å². The van der Waals surface area contributed by atoms with Crippen LogP contribution in [0, 0.1) is 17.5 Å². The summed E-state index contributed by atoms with van der Waals surface area (Å²) in [4.78, 5) is 11.5. The van der Waals surface area contributed by atoms with Crippen molar-refractivity contribution in [1.82, 2.24) is 4.31 Å². The van der Waals surface area contributed by atoms with Crippen LogP contribution in [0.25, 0.3) is 0 Å². The van der Waals surface area contributed by atoms with E-state index < -0.39 is 39.5 Å². The monoisotopic (exact) mass is 465 g/mol. The number of aliphatic carboxylic acids is 1. The molecule has 10 heteroatoms. The molecule has 0 aromatic heterocycles. The second-order valence-corrected chi connectivity index (χ2v) is 8.94. The third-order valence-corrected chi connectivity index (χ3v) is 6.33. The highest BCUT2D eigenvalue weighted by atomic mass is 32.2. The first kappa shape index (κ1) is 23.3. The molecule has 32 heavy (non-hydrogen) atoms. The minimum atomic E-state index is -3.85. The van der Waals surface area contributed by atoms with Crippen LogP contribution in [0.1, 0.15) is 17.2 Å². The molecular weight excluding hydrogens is 447 g/mol. The van der Waals surface area contributed by atoms with Crippen molar-refractivity contribution < 1.29 is 36.2 Å². The Labute approximate surface area is 182 Å². The number of ether oxygens (including phenoxy) is 1. The number of nitrogens with zero attached hydrogens (tertiary/aromatic N) is 1. The van der Waals surface area contributed by atoms with Gasteiger partial charge in [-0.1, -0.05) is 12.1 Å². The number of sulfonamides is 1. The molecule has 3 aromatic rings. The Hall–Kier alpha value is -3.37. The first-order valence-electron chi connectivity index (χ1n) is 9.22. The van der Waals surface area contributed by atoms with Crippen molar-refractivity contribution in [1.29, 1.82) is 0 Å². The molecule has 1 N–H and O–H groups in total. The zero-order chi connectivity index (χ0) is 23.5. The van der Waals surface area contributed by atoms with Crippen LogP contribution in [0.5, 0.6) is 5.75 Å². The number of halogens is 3. The summed E-state index contributed by atoms with van der Waals surface area (Å²) in [5.74, 6) is -3.76. The molecule has 0 saturated carbocycles. The first-order valence-corrected chi connectivity index (χ1v) is 10.7. The van der Waals surface area contributed by atoms with E-state index in [0.29, 0.717) is 11.6 Å². The average Bonchev–Trinajstić information content (AvgIpc) is 2.72. The number of carboxylic acid groups (broad SMARTS) is 1. The van der Waals surface area contributed by atoms with E-state index in [2.05, 4.69) is 0 Å². The fourth-order valence-electron chi connectivity index (χ4n) is 2.93. The van der Waals surface area contributed by atoms with Gasteiger partial charge in [0.05, 0.1) is 4.90 Å². The lowest BCUT2D eigenvalue weighted by Crippen LogP contribution is -2.26. The number of hydrogen-bond donors (Lipinski definition) is 1. The Kier molecular flexibility index (Phi) is 6.85. The van der Waals surface area contributed by atoms with Crippen molar-refractivity contribution in [3.8, 4) is 5.75 Å². The number of carboxylic acids is 1. The molecule has 0 aliphatic heterocycles. The summed E-state index contributed by atoms with van der Waals surface area (Å²) < 4.78 is 71.6. The van der Waals surface area contributed by atoms with Crippen LogP contribution in [-0.4, -0.2) is 30.8 Å². The molecule has 0 fully saturated rings. The summed E-state index contributed by atoms with van der Waals surface area (Å²) in [5.41, 5.74) is 0.360. The fourth-order valence-corrected chi connectivity index (χ4v) is 4.08. The highest BCUT2D eigenvalue weighted by Crippen LogP contribution is 2.25. The molecule has 1 atom stereocenters. The number of rotatable bonds is 8. The summed E-state index contributed by atoms with van der Waals surface area (Å²) in [6, 6.07) is 12.7. The van der Waals surface area contributed by atoms with Crippen molar-refractivity contribution >= 4 is 16.0 Å². The third-order valence-electron chi connectivity index (χ3n) is 4.52. The topological polar surface area (TPSA) is 83.9 Å². The van der Waals surface area contributed by atoms with Gasteiger partial charge < -0.3 is 9.84 Å². The van der Waals surface area contributed by atoms with Crippen LogP contribution in [0.2, 0.25) is 0 Å². The van der Waals surface area contributed by atoms with Crippen molar-refractivity contribution in [3.05, 3.63) is 95.3 Å². The molecule has 3 aromatic carbocycles. The van der Waals surface area contributed by atoms with Crippen LogP contribution in [0.3, 0.4) is 0 Å². The van der Waals surface area contributed by atoms with Crippen LogP contribution < -0.4 is 4.74 Å². The Bertz CT molecular complexity index is 1200. The minimum Gasteiger partial charge on any atom is -0.478 e. The van der Waals surface area contributed by atoms with Gasteiger partial charge in [-0.3, -0.25) is 0 Å². The van der Waals surface area contributed by atoms with Crippen LogP contribution >= 0.6 is 0 Å². The van der Waals surface area contributed by atoms with Crippen LogP contribution in [-0.2, 0) is 21.4 Å². The molecule has 0 heterocycles. The van der Waals surface area contributed by atoms with Gasteiger partial charge in [0.25, 0.3) is 0 Å². The van der Waals surface area contributed by atoms with Crippen molar-refractivity contribution in [2.45, 2.75) is 17.5 Å². The Balaban J connectivity index is 1.73. The smallest absolute Gasteiger partial charge is 0.349 e. The maximum atomic E-state index is 13.4. The summed E-state index contributed by atoms with van der Waals surface area (Å²) in [6.45, 7) is -0.0164. The molecule has 168 valence electrons. The molecule has 0 amide bonds. The van der Waals surface area contributed by atoms with Gasteiger partial charge in [0.2, 0.25) is 16.1 Å². The van der Waals surface area contributed by atoms with Gasteiger partial charge in [-0.2, -0.15) is 4.31 Å². The maximum absolute atomic E-state index is 13.4. The van der Waals surface area contributed by atoms with Gasteiger partial charge in [-0.25, -0.2) is 26.4 Å². The van der Waals surface area contributed by atoms with E-state index in [0.717, 1.165) is 28.6 Å². The predicted octanol–water partition coefficient (Wildman–Crippen LogP) is 4.13. The summed E-state index contributed by atoms with van der Waals surface area (Å²) in [7, 11) is -2.49. The second-order valence-electron chi connectivity index (χ2n) is 6.90. The Morgan fingerprint density at radius 2 is 1.50 bits per heavy atom. The largest absolute Gasteiger partial charge is 0.478 e. The molecule has 1 unspecified atom stereocenters. The maximum Gasteiger partial charge on any atom is 0.349 e. The van der Waals surface area contributed by atoms with E-state index in [1.54, 1.807) is 0 Å². The van der Waals surface area contributed by atoms with Gasteiger partial charge in [-0.15, -0.1) is 0 Å². The zero-order valence-corrected chi connectivity index (χ0v) is 17.5. The predicted molar refractivity (Wildman–Crippen MR) is 109 cm³/mol.